The van der Waals surface area contributed by atoms with Crippen LogP contribution in [0.3, 0.4) is 0 Å². The van der Waals surface area contributed by atoms with Crippen LogP contribution in [0, 0.1) is 5.82 Å². The highest BCUT2D eigenvalue weighted by Crippen LogP contribution is 2.33. The zero-order valence-electron chi connectivity index (χ0n) is 11.0. The molecular weight excluding hydrogens is 298 g/mol. The Balaban J connectivity index is 2.08. The van der Waals surface area contributed by atoms with Crippen molar-refractivity contribution in [3.05, 3.63) is 57.8 Å². The summed E-state index contributed by atoms with van der Waals surface area (Å²) in [6, 6.07) is 9.83. The van der Waals surface area contributed by atoms with Gasteiger partial charge >= 0.3 is 0 Å². The zero-order valence-corrected chi connectivity index (χ0v) is 12.5. The van der Waals surface area contributed by atoms with Gasteiger partial charge in [-0.2, -0.15) is 0 Å². The number of benzene rings is 2. The van der Waals surface area contributed by atoms with Gasteiger partial charge in [0.05, 0.1) is 15.7 Å². The van der Waals surface area contributed by atoms with E-state index in [-0.39, 0.29) is 11.9 Å². The van der Waals surface area contributed by atoms with E-state index in [1.54, 1.807) is 24.3 Å². The van der Waals surface area contributed by atoms with E-state index >= 15 is 0 Å². The van der Waals surface area contributed by atoms with Crippen molar-refractivity contribution in [2.24, 2.45) is 0 Å². The minimum absolute atomic E-state index is 0.0964. The molecule has 0 aliphatic rings. The SMILES string of the molecule is CC(Cc1ccc(F)cc1)Nc1c(Cl)cc(N)cc1Cl. The standard InChI is InChI=1S/C15H15Cl2FN2/c1-9(6-10-2-4-11(18)5-3-10)20-15-13(16)7-12(19)8-14(15)17/h2-5,7-9,20H,6,19H2,1H3. The smallest absolute Gasteiger partial charge is 0.123 e. The molecule has 106 valence electrons. The Hall–Kier alpha value is -1.45. The van der Waals surface area contributed by atoms with Crippen molar-refractivity contribution in [2.45, 2.75) is 19.4 Å². The average Bonchev–Trinajstić information content (AvgIpc) is 2.36. The van der Waals surface area contributed by atoms with Crippen LogP contribution in [0.4, 0.5) is 15.8 Å². The molecule has 0 aromatic heterocycles. The number of hydrogen-bond acceptors (Lipinski definition) is 2. The first-order valence-electron chi connectivity index (χ1n) is 6.21. The largest absolute Gasteiger partial charge is 0.399 e. The molecule has 0 amide bonds. The summed E-state index contributed by atoms with van der Waals surface area (Å²) in [5.41, 5.74) is 7.89. The molecule has 1 atom stereocenters. The summed E-state index contributed by atoms with van der Waals surface area (Å²) in [6.45, 7) is 2.01. The van der Waals surface area contributed by atoms with E-state index < -0.39 is 0 Å². The predicted octanol–water partition coefficient (Wildman–Crippen LogP) is 4.76. The Kier molecular flexibility index (Phi) is 4.73. The molecule has 2 aromatic rings. The number of nitrogens with one attached hydrogen (secondary N) is 1. The molecule has 0 saturated heterocycles. The molecular formula is C15H15Cl2FN2. The molecule has 2 rings (SSSR count). The molecule has 0 spiro atoms. The Labute approximate surface area is 127 Å². The van der Waals surface area contributed by atoms with Crippen molar-refractivity contribution in [3.63, 3.8) is 0 Å². The summed E-state index contributed by atoms with van der Waals surface area (Å²) in [7, 11) is 0. The van der Waals surface area contributed by atoms with Gasteiger partial charge in [-0.15, -0.1) is 0 Å². The van der Waals surface area contributed by atoms with E-state index in [0.29, 0.717) is 21.4 Å². The number of rotatable bonds is 4. The first kappa shape index (κ1) is 14.9. The Bertz CT molecular complexity index is 576. The topological polar surface area (TPSA) is 38.0 Å². The van der Waals surface area contributed by atoms with Crippen LogP contribution in [0.25, 0.3) is 0 Å². The van der Waals surface area contributed by atoms with Crippen molar-refractivity contribution in [2.75, 3.05) is 11.1 Å². The minimum Gasteiger partial charge on any atom is -0.399 e. The van der Waals surface area contributed by atoms with E-state index in [1.807, 2.05) is 6.92 Å². The van der Waals surface area contributed by atoms with Crippen LogP contribution in [-0.2, 0) is 6.42 Å². The summed E-state index contributed by atoms with van der Waals surface area (Å²) in [4.78, 5) is 0. The molecule has 0 bridgehead atoms. The molecule has 0 saturated carbocycles. The lowest BCUT2D eigenvalue weighted by Crippen LogP contribution is -2.18. The third kappa shape index (κ3) is 3.78. The molecule has 2 nitrogen and oxygen atoms in total. The van der Waals surface area contributed by atoms with Crippen molar-refractivity contribution < 1.29 is 4.39 Å². The number of nitrogens with two attached hydrogens (primary N) is 1. The molecule has 0 fully saturated rings. The number of halogens is 3. The zero-order chi connectivity index (χ0) is 14.7. The van der Waals surface area contributed by atoms with Gasteiger partial charge in [-0.25, -0.2) is 4.39 Å². The number of anilines is 2. The highest BCUT2D eigenvalue weighted by Gasteiger charge is 2.11. The maximum absolute atomic E-state index is 12.9. The fourth-order valence-corrected chi connectivity index (χ4v) is 2.62. The van der Waals surface area contributed by atoms with Crippen molar-refractivity contribution in [1.82, 2.24) is 0 Å². The molecule has 20 heavy (non-hydrogen) atoms. The van der Waals surface area contributed by atoms with Crippen LogP contribution >= 0.6 is 23.2 Å². The normalized spacial score (nSPS) is 12.2. The lowest BCUT2D eigenvalue weighted by Gasteiger charge is -2.18. The Morgan fingerprint density at radius 3 is 2.25 bits per heavy atom. The van der Waals surface area contributed by atoms with Crippen molar-refractivity contribution >= 4 is 34.6 Å². The lowest BCUT2D eigenvalue weighted by molar-refractivity contribution is 0.626. The summed E-state index contributed by atoms with van der Waals surface area (Å²) in [5.74, 6) is -0.237. The van der Waals surface area contributed by atoms with Crippen molar-refractivity contribution in [1.29, 1.82) is 0 Å². The van der Waals surface area contributed by atoms with Gasteiger partial charge in [0.25, 0.3) is 0 Å². The quantitative estimate of drug-likeness (QED) is 0.799. The predicted molar refractivity (Wildman–Crippen MR) is 84.1 cm³/mol. The summed E-state index contributed by atoms with van der Waals surface area (Å²) in [5, 5.41) is 4.23. The van der Waals surface area contributed by atoms with E-state index in [1.165, 1.54) is 12.1 Å². The summed E-state index contributed by atoms with van der Waals surface area (Å²) >= 11 is 12.3. The van der Waals surface area contributed by atoms with Crippen LogP contribution in [0.2, 0.25) is 10.0 Å². The first-order valence-corrected chi connectivity index (χ1v) is 6.97. The van der Waals surface area contributed by atoms with Crippen molar-refractivity contribution in [3.8, 4) is 0 Å². The molecule has 1 unspecified atom stereocenters. The third-order valence-electron chi connectivity index (χ3n) is 2.91. The highest BCUT2D eigenvalue weighted by molar-refractivity contribution is 6.39. The molecule has 0 radical (unpaired) electrons. The lowest BCUT2D eigenvalue weighted by atomic mass is 10.1. The second kappa shape index (κ2) is 6.33. The molecule has 0 heterocycles. The second-order valence-corrected chi connectivity index (χ2v) is 5.55. The van der Waals surface area contributed by atoms with E-state index in [4.69, 9.17) is 28.9 Å². The van der Waals surface area contributed by atoms with Gasteiger partial charge in [0.1, 0.15) is 5.82 Å². The summed E-state index contributed by atoms with van der Waals surface area (Å²) in [6.07, 6.45) is 0.733. The van der Waals surface area contributed by atoms with Gasteiger partial charge < -0.3 is 11.1 Å². The monoisotopic (exact) mass is 312 g/mol. The fraction of sp³-hybridized carbons (Fsp3) is 0.200. The molecule has 3 N–H and O–H groups in total. The second-order valence-electron chi connectivity index (χ2n) is 4.74. The molecule has 0 aliphatic carbocycles. The minimum atomic E-state index is -0.237. The Morgan fingerprint density at radius 1 is 1.15 bits per heavy atom. The van der Waals surface area contributed by atoms with Crippen LogP contribution in [0.1, 0.15) is 12.5 Å². The summed E-state index contributed by atoms with van der Waals surface area (Å²) < 4.78 is 12.9. The van der Waals surface area contributed by atoms with E-state index in [9.17, 15) is 4.39 Å². The number of hydrogen-bond donors (Lipinski definition) is 2. The highest BCUT2D eigenvalue weighted by atomic mass is 35.5. The van der Waals surface area contributed by atoms with Gasteiger partial charge in [-0.05, 0) is 43.2 Å². The van der Waals surface area contributed by atoms with E-state index in [0.717, 1.165) is 12.0 Å². The van der Waals surface area contributed by atoms with Crippen LogP contribution < -0.4 is 11.1 Å². The van der Waals surface area contributed by atoms with Gasteiger partial charge in [0, 0.05) is 11.7 Å². The van der Waals surface area contributed by atoms with Gasteiger partial charge in [0.15, 0.2) is 0 Å². The van der Waals surface area contributed by atoms with Crippen LogP contribution in [-0.4, -0.2) is 6.04 Å². The maximum atomic E-state index is 12.9. The first-order chi connectivity index (χ1) is 9.45. The van der Waals surface area contributed by atoms with Crippen LogP contribution in [0.15, 0.2) is 36.4 Å². The third-order valence-corrected chi connectivity index (χ3v) is 3.51. The van der Waals surface area contributed by atoms with Gasteiger partial charge in [-0.1, -0.05) is 35.3 Å². The van der Waals surface area contributed by atoms with E-state index in [2.05, 4.69) is 5.32 Å². The average molecular weight is 313 g/mol. The Morgan fingerprint density at radius 2 is 1.70 bits per heavy atom. The number of nitrogen functional groups attached to an aromatic ring is 1. The maximum Gasteiger partial charge on any atom is 0.123 e. The van der Waals surface area contributed by atoms with Gasteiger partial charge in [-0.3, -0.25) is 0 Å². The van der Waals surface area contributed by atoms with Gasteiger partial charge in [0.2, 0.25) is 0 Å². The molecule has 5 heteroatoms. The molecule has 2 aromatic carbocycles. The van der Waals surface area contributed by atoms with Crippen LogP contribution in [0.5, 0.6) is 0 Å². The molecule has 0 aliphatic heterocycles. The fourth-order valence-electron chi connectivity index (χ4n) is 2.00.